The van der Waals surface area contributed by atoms with Gasteiger partial charge in [0.15, 0.2) is 0 Å². The van der Waals surface area contributed by atoms with Crippen molar-refractivity contribution in [3.8, 4) is 0 Å². The molecule has 1 saturated heterocycles. The number of anilines is 1. The Balaban J connectivity index is 1.52. The van der Waals surface area contributed by atoms with Crippen LogP contribution in [0.15, 0.2) is 48.5 Å². The third-order valence-corrected chi connectivity index (χ3v) is 4.54. The molecule has 5 nitrogen and oxygen atoms in total. The number of nitrogens with one attached hydrogen (secondary N) is 2. The Bertz CT molecular complexity index is 828. The number of nitrogens with zero attached hydrogens (tertiary/aromatic N) is 1. The highest BCUT2D eigenvalue weighted by Crippen LogP contribution is 2.19. The second kappa shape index (κ2) is 8.62. The highest BCUT2D eigenvalue weighted by atomic mass is 19.1. The van der Waals surface area contributed by atoms with Crippen molar-refractivity contribution in [2.24, 2.45) is 5.92 Å². The molecule has 1 heterocycles. The fraction of sp³-hybridized carbons (Fsp3) is 0.300. The first-order valence-electron chi connectivity index (χ1n) is 8.87. The zero-order valence-electron chi connectivity index (χ0n) is 14.8. The van der Waals surface area contributed by atoms with E-state index < -0.39 is 17.7 Å². The summed E-state index contributed by atoms with van der Waals surface area (Å²) < 4.78 is 27.0. The first-order chi connectivity index (χ1) is 13.0. The van der Waals surface area contributed by atoms with E-state index in [-0.39, 0.29) is 17.4 Å². The SMILES string of the molecule is O=C(NCC1CCCN(C(=O)c2ccccc2F)C1)Nc1cccc(F)c1. The van der Waals surface area contributed by atoms with Crippen LogP contribution in [0.5, 0.6) is 0 Å². The van der Waals surface area contributed by atoms with Crippen LogP contribution in [0.4, 0.5) is 19.3 Å². The lowest BCUT2D eigenvalue weighted by Crippen LogP contribution is -2.44. The number of halogens is 2. The molecule has 2 N–H and O–H groups in total. The molecular weight excluding hydrogens is 352 g/mol. The quantitative estimate of drug-likeness (QED) is 0.860. The monoisotopic (exact) mass is 373 g/mol. The molecule has 0 radical (unpaired) electrons. The van der Waals surface area contributed by atoms with Crippen molar-refractivity contribution >= 4 is 17.6 Å². The van der Waals surface area contributed by atoms with Crippen LogP contribution < -0.4 is 10.6 Å². The highest BCUT2D eigenvalue weighted by Gasteiger charge is 2.26. The van der Waals surface area contributed by atoms with Gasteiger partial charge < -0.3 is 15.5 Å². The fourth-order valence-corrected chi connectivity index (χ4v) is 3.20. The maximum absolute atomic E-state index is 13.8. The number of hydrogen-bond donors (Lipinski definition) is 2. The molecule has 0 aliphatic carbocycles. The second-order valence-electron chi connectivity index (χ2n) is 6.58. The average Bonchev–Trinajstić information content (AvgIpc) is 2.66. The largest absolute Gasteiger partial charge is 0.338 e. The van der Waals surface area contributed by atoms with Gasteiger partial charge in [-0.25, -0.2) is 13.6 Å². The Morgan fingerprint density at radius 1 is 1.11 bits per heavy atom. The van der Waals surface area contributed by atoms with Crippen molar-refractivity contribution in [3.63, 3.8) is 0 Å². The van der Waals surface area contributed by atoms with Gasteiger partial charge in [-0.05, 0) is 49.1 Å². The molecule has 0 bridgehead atoms. The van der Waals surface area contributed by atoms with E-state index >= 15 is 0 Å². The van der Waals surface area contributed by atoms with Crippen molar-refractivity contribution in [2.75, 3.05) is 25.0 Å². The van der Waals surface area contributed by atoms with E-state index in [2.05, 4.69) is 10.6 Å². The number of piperidine rings is 1. The third-order valence-electron chi connectivity index (χ3n) is 4.54. The van der Waals surface area contributed by atoms with Gasteiger partial charge in [-0.2, -0.15) is 0 Å². The topological polar surface area (TPSA) is 61.4 Å². The minimum Gasteiger partial charge on any atom is -0.338 e. The fourth-order valence-electron chi connectivity index (χ4n) is 3.20. The molecule has 1 aliphatic rings. The van der Waals surface area contributed by atoms with Gasteiger partial charge in [0.05, 0.1) is 5.56 Å². The summed E-state index contributed by atoms with van der Waals surface area (Å²) in [5.74, 6) is -1.21. The van der Waals surface area contributed by atoms with Crippen LogP contribution >= 0.6 is 0 Å². The molecule has 142 valence electrons. The van der Waals surface area contributed by atoms with E-state index in [4.69, 9.17) is 0 Å². The summed E-state index contributed by atoms with van der Waals surface area (Å²) in [6.45, 7) is 1.40. The van der Waals surface area contributed by atoms with E-state index in [1.807, 2.05) is 0 Å². The first kappa shape index (κ1) is 18.8. The van der Waals surface area contributed by atoms with Crippen LogP contribution in [0.2, 0.25) is 0 Å². The third kappa shape index (κ3) is 5.03. The number of urea groups is 1. The Kier molecular flexibility index (Phi) is 6.01. The lowest BCUT2D eigenvalue weighted by Gasteiger charge is -2.33. The van der Waals surface area contributed by atoms with E-state index in [1.54, 1.807) is 23.1 Å². The van der Waals surface area contributed by atoms with Crippen LogP contribution in [0.3, 0.4) is 0 Å². The molecule has 27 heavy (non-hydrogen) atoms. The number of hydrogen-bond acceptors (Lipinski definition) is 2. The minimum absolute atomic E-state index is 0.0648. The zero-order valence-corrected chi connectivity index (χ0v) is 14.8. The smallest absolute Gasteiger partial charge is 0.319 e. The number of amides is 3. The van der Waals surface area contributed by atoms with Gasteiger partial charge >= 0.3 is 6.03 Å². The maximum atomic E-state index is 13.8. The summed E-state index contributed by atoms with van der Waals surface area (Å²) in [6, 6.07) is 11.1. The Morgan fingerprint density at radius 3 is 2.70 bits per heavy atom. The predicted octanol–water partition coefficient (Wildman–Crippen LogP) is 3.64. The summed E-state index contributed by atoms with van der Waals surface area (Å²) >= 11 is 0. The second-order valence-corrected chi connectivity index (χ2v) is 6.58. The van der Waals surface area contributed by atoms with Gasteiger partial charge in [0, 0.05) is 25.3 Å². The number of carbonyl (C=O) groups excluding carboxylic acids is 2. The van der Waals surface area contributed by atoms with Crippen LogP contribution in [-0.2, 0) is 0 Å². The van der Waals surface area contributed by atoms with Gasteiger partial charge in [0.1, 0.15) is 11.6 Å². The van der Waals surface area contributed by atoms with Crippen LogP contribution in [0, 0.1) is 17.6 Å². The van der Waals surface area contributed by atoms with Crippen molar-refractivity contribution in [1.29, 1.82) is 0 Å². The summed E-state index contributed by atoms with van der Waals surface area (Å²) in [5, 5.41) is 5.32. The Morgan fingerprint density at radius 2 is 1.93 bits per heavy atom. The number of benzene rings is 2. The zero-order chi connectivity index (χ0) is 19.2. The molecule has 3 amide bonds. The van der Waals surface area contributed by atoms with E-state index in [1.165, 1.54) is 30.3 Å². The number of likely N-dealkylation sites (tertiary alicyclic amines) is 1. The predicted molar refractivity (Wildman–Crippen MR) is 98.4 cm³/mol. The maximum Gasteiger partial charge on any atom is 0.319 e. The normalized spacial score (nSPS) is 16.7. The van der Waals surface area contributed by atoms with Crippen molar-refractivity contribution in [3.05, 3.63) is 65.7 Å². The van der Waals surface area contributed by atoms with Gasteiger partial charge in [-0.15, -0.1) is 0 Å². The molecule has 2 aromatic rings. The summed E-state index contributed by atoms with van der Waals surface area (Å²) in [6.07, 6.45) is 1.65. The molecular formula is C20H21F2N3O2. The van der Waals surface area contributed by atoms with Crippen molar-refractivity contribution in [1.82, 2.24) is 10.2 Å². The summed E-state index contributed by atoms with van der Waals surface area (Å²) in [7, 11) is 0. The summed E-state index contributed by atoms with van der Waals surface area (Å²) in [5.41, 5.74) is 0.433. The lowest BCUT2D eigenvalue weighted by molar-refractivity contribution is 0.0670. The first-order valence-corrected chi connectivity index (χ1v) is 8.87. The number of carbonyl (C=O) groups is 2. The molecule has 1 atom stereocenters. The lowest BCUT2D eigenvalue weighted by atomic mass is 9.97. The summed E-state index contributed by atoms with van der Waals surface area (Å²) in [4.78, 5) is 26.1. The molecule has 3 rings (SSSR count). The van der Waals surface area contributed by atoms with E-state index in [9.17, 15) is 18.4 Å². The molecule has 0 saturated carbocycles. The Labute approximate surface area is 156 Å². The van der Waals surface area contributed by atoms with Gasteiger partial charge in [0.25, 0.3) is 5.91 Å². The van der Waals surface area contributed by atoms with E-state index in [0.29, 0.717) is 25.3 Å². The Hall–Kier alpha value is -2.96. The average molecular weight is 373 g/mol. The molecule has 0 spiro atoms. The van der Waals surface area contributed by atoms with Crippen LogP contribution in [-0.4, -0.2) is 36.5 Å². The van der Waals surface area contributed by atoms with Crippen molar-refractivity contribution < 1.29 is 18.4 Å². The minimum atomic E-state index is -0.530. The molecule has 1 fully saturated rings. The van der Waals surface area contributed by atoms with Crippen LogP contribution in [0.1, 0.15) is 23.2 Å². The molecule has 2 aromatic carbocycles. The van der Waals surface area contributed by atoms with Gasteiger partial charge in [-0.1, -0.05) is 18.2 Å². The number of rotatable bonds is 4. The van der Waals surface area contributed by atoms with E-state index in [0.717, 1.165) is 12.8 Å². The molecule has 0 aromatic heterocycles. The molecule has 1 aliphatic heterocycles. The van der Waals surface area contributed by atoms with Crippen molar-refractivity contribution in [2.45, 2.75) is 12.8 Å². The highest BCUT2D eigenvalue weighted by molar-refractivity contribution is 5.94. The standard InChI is InChI=1S/C20H21F2N3O2/c21-15-6-3-7-16(11-15)24-20(27)23-12-14-5-4-10-25(13-14)19(26)17-8-1-2-9-18(17)22/h1-3,6-9,11,14H,4-5,10,12-13H2,(H2,23,24,27). The van der Waals surface area contributed by atoms with Crippen LogP contribution in [0.25, 0.3) is 0 Å². The molecule has 1 unspecified atom stereocenters. The molecule has 7 heteroatoms. The van der Waals surface area contributed by atoms with Gasteiger partial charge in [-0.3, -0.25) is 4.79 Å². The van der Waals surface area contributed by atoms with Gasteiger partial charge in [0.2, 0.25) is 0 Å².